The van der Waals surface area contributed by atoms with Gasteiger partial charge in [-0.3, -0.25) is 4.79 Å². The summed E-state index contributed by atoms with van der Waals surface area (Å²) < 4.78 is 6.94. The largest absolute Gasteiger partial charge is 0.490 e. The molecule has 18 heavy (non-hydrogen) atoms. The summed E-state index contributed by atoms with van der Waals surface area (Å²) >= 11 is 3.39. The van der Waals surface area contributed by atoms with E-state index in [9.17, 15) is 4.79 Å². The van der Waals surface area contributed by atoms with Gasteiger partial charge >= 0.3 is 5.97 Å². The summed E-state index contributed by atoms with van der Waals surface area (Å²) in [6, 6.07) is 7.83. The lowest BCUT2D eigenvalue weighted by molar-refractivity contribution is -0.138. The van der Waals surface area contributed by atoms with Gasteiger partial charge in [0.25, 0.3) is 0 Å². The van der Waals surface area contributed by atoms with E-state index in [0.717, 1.165) is 35.9 Å². The minimum Gasteiger partial charge on any atom is -0.490 e. The number of ether oxygens (including phenoxy) is 1. The summed E-state index contributed by atoms with van der Waals surface area (Å²) in [5, 5.41) is 8.76. The highest BCUT2D eigenvalue weighted by molar-refractivity contribution is 9.10. The molecule has 0 radical (unpaired) electrons. The van der Waals surface area contributed by atoms with Crippen LogP contribution in [0.2, 0.25) is 0 Å². The zero-order valence-electron chi connectivity index (χ0n) is 10.1. The molecular formula is C14H17BrO3. The van der Waals surface area contributed by atoms with Crippen molar-refractivity contribution in [3.05, 3.63) is 28.7 Å². The van der Waals surface area contributed by atoms with Gasteiger partial charge in [0.2, 0.25) is 0 Å². The van der Waals surface area contributed by atoms with Crippen LogP contribution in [0.25, 0.3) is 0 Å². The standard InChI is InChI=1S/C14H17BrO3/c15-11-3-7-13(8-4-11)18-12-5-1-10(2-6-12)9-14(16)17/h3-4,7-8,10,12H,1-2,5-6,9H2,(H,16,17). The van der Waals surface area contributed by atoms with Gasteiger partial charge in [0.05, 0.1) is 6.10 Å². The maximum Gasteiger partial charge on any atom is 0.303 e. The third kappa shape index (κ3) is 4.02. The van der Waals surface area contributed by atoms with Crippen molar-refractivity contribution < 1.29 is 14.6 Å². The lowest BCUT2D eigenvalue weighted by atomic mass is 9.85. The van der Waals surface area contributed by atoms with Crippen LogP contribution in [0.15, 0.2) is 28.7 Å². The van der Waals surface area contributed by atoms with Gasteiger partial charge < -0.3 is 9.84 Å². The second-order valence-electron chi connectivity index (χ2n) is 4.81. The first kappa shape index (κ1) is 13.4. The number of carboxylic acid groups (broad SMARTS) is 1. The summed E-state index contributed by atoms with van der Waals surface area (Å²) in [6.45, 7) is 0. The Morgan fingerprint density at radius 2 is 1.83 bits per heavy atom. The van der Waals surface area contributed by atoms with Gasteiger partial charge in [0.1, 0.15) is 5.75 Å². The normalized spacial score (nSPS) is 23.6. The Labute approximate surface area is 115 Å². The average Bonchev–Trinajstić information content (AvgIpc) is 2.34. The van der Waals surface area contributed by atoms with E-state index in [0.29, 0.717) is 12.3 Å². The van der Waals surface area contributed by atoms with E-state index in [2.05, 4.69) is 15.9 Å². The fourth-order valence-electron chi connectivity index (χ4n) is 2.41. The number of rotatable bonds is 4. The minimum absolute atomic E-state index is 0.233. The van der Waals surface area contributed by atoms with E-state index in [1.54, 1.807) is 0 Å². The number of halogens is 1. The molecule has 1 N–H and O–H groups in total. The van der Waals surface area contributed by atoms with Crippen LogP contribution in [0, 0.1) is 5.92 Å². The maximum atomic E-state index is 10.6. The second-order valence-corrected chi connectivity index (χ2v) is 5.73. The van der Waals surface area contributed by atoms with Crippen LogP contribution >= 0.6 is 15.9 Å². The van der Waals surface area contributed by atoms with E-state index in [4.69, 9.17) is 9.84 Å². The van der Waals surface area contributed by atoms with Crippen LogP contribution in [0.5, 0.6) is 5.75 Å². The lowest BCUT2D eigenvalue weighted by Crippen LogP contribution is -2.25. The maximum absolute atomic E-state index is 10.6. The molecule has 1 fully saturated rings. The van der Waals surface area contributed by atoms with Gasteiger partial charge in [-0.05, 0) is 55.9 Å². The van der Waals surface area contributed by atoms with E-state index in [-0.39, 0.29) is 6.10 Å². The summed E-state index contributed by atoms with van der Waals surface area (Å²) in [7, 11) is 0. The monoisotopic (exact) mass is 312 g/mol. The molecule has 1 aliphatic rings. The number of carboxylic acids is 1. The van der Waals surface area contributed by atoms with Crippen molar-refractivity contribution in [3.8, 4) is 5.75 Å². The fraction of sp³-hybridized carbons (Fsp3) is 0.500. The van der Waals surface area contributed by atoms with Crippen LogP contribution in [-0.4, -0.2) is 17.2 Å². The van der Waals surface area contributed by atoms with Crippen LogP contribution in [0.3, 0.4) is 0 Å². The van der Waals surface area contributed by atoms with E-state index in [1.165, 1.54) is 0 Å². The molecule has 1 aromatic rings. The average molecular weight is 313 g/mol. The summed E-state index contributed by atoms with van der Waals surface area (Å²) in [5.41, 5.74) is 0. The molecule has 98 valence electrons. The molecule has 1 saturated carbocycles. The predicted octanol–water partition coefficient (Wildman–Crippen LogP) is 3.86. The first-order valence-electron chi connectivity index (χ1n) is 6.27. The van der Waals surface area contributed by atoms with Crippen molar-refractivity contribution in [2.75, 3.05) is 0 Å². The Balaban J connectivity index is 1.79. The molecule has 1 aliphatic carbocycles. The molecule has 0 spiro atoms. The summed E-state index contributed by atoms with van der Waals surface area (Å²) in [6.07, 6.45) is 4.34. The van der Waals surface area contributed by atoms with Gasteiger partial charge in [-0.15, -0.1) is 0 Å². The third-order valence-corrected chi connectivity index (χ3v) is 3.90. The Hall–Kier alpha value is -1.03. The van der Waals surface area contributed by atoms with Crippen LogP contribution in [0.1, 0.15) is 32.1 Å². The second kappa shape index (κ2) is 6.23. The van der Waals surface area contributed by atoms with Crippen molar-refractivity contribution in [2.24, 2.45) is 5.92 Å². The molecule has 3 nitrogen and oxygen atoms in total. The summed E-state index contributed by atoms with van der Waals surface area (Å²) in [4.78, 5) is 10.6. The fourth-order valence-corrected chi connectivity index (χ4v) is 2.67. The molecule has 0 bridgehead atoms. The van der Waals surface area contributed by atoms with E-state index < -0.39 is 5.97 Å². The number of carbonyl (C=O) groups is 1. The quantitative estimate of drug-likeness (QED) is 0.918. The Morgan fingerprint density at radius 3 is 2.39 bits per heavy atom. The molecule has 0 amide bonds. The van der Waals surface area contributed by atoms with Gasteiger partial charge in [-0.2, -0.15) is 0 Å². The van der Waals surface area contributed by atoms with E-state index >= 15 is 0 Å². The SMILES string of the molecule is O=C(O)CC1CCC(Oc2ccc(Br)cc2)CC1. The molecule has 4 heteroatoms. The highest BCUT2D eigenvalue weighted by Crippen LogP contribution is 2.29. The van der Waals surface area contributed by atoms with E-state index in [1.807, 2.05) is 24.3 Å². The molecule has 0 saturated heterocycles. The highest BCUT2D eigenvalue weighted by Gasteiger charge is 2.23. The van der Waals surface area contributed by atoms with Gasteiger partial charge in [-0.25, -0.2) is 0 Å². The smallest absolute Gasteiger partial charge is 0.303 e. The number of benzene rings is 1. The predicted molar refractivity (Wildman–Crippen MR) is 72.8 cm³/mol. The topological polar surface area (TPSA) is 46.5 Å². The molecule has 0 unspecified atom stereocenters. The number of aliphatic carboxylic acids is 1. The first-order valence-corrected chi connectivity index (χ1v) is 7.07. The van der Waals surface area contributed by atoms with Gasteiger partial charge in [0.15, 0.2) is 0 Å². The van der Waals surface area contributed by atoms with Crippen molar-refractivity contribution >= 4 is 21.9 Å². The van der Waals surface area contributed by atoms with Crippen molar-refractivity contribution in [3.63, 3.8) is 0 Å². The molecular weight excluding hydrogens is 296 g/mol. The molecule has 1 aromatic carbocycles. The zero-order valence-corrected chi connectivity index (χ0v) is 11.7. The Kier molecular flexibility index (Phi) is 4.64. The number of hydrogen-bond donors (Lipinski definition) is 1. The molecule has 0 aromatic heterocycles. The molecule has 2 rings (SSSR count). The minimum atomic E-state index is -0.688. The van der Waals surface area contributed by atoms with Crippen LogP contribution in [-0.2, 0) is 4.79 Å². The molecule has 0 atom stereocenters. The van der Waals surface area contributed by atoms with Crippen molar-refractivity contribution in [1.82, 2.24) is 0 Å². The molecule has 0 heterocycles. The lowest BCUT2D eigenvalue weighted by Gasteiger charge is -2.28. The van der Waals surface area contributed by atoms with Crippen LogP contribution in [0.4, 0.5) is 0 Å². The first-order chi connectivity index (χ1) is 8.63. The van der Waals surface area contributed by atoms with Crippen molar-refractivity contribution in [1.29, 1.82) is 0 Å². The molecule has 0 aliphatic heterocycles. The van der Waals surface area contributed by atoms with Crippen molar-refractivity contribution in [2.45, 2.75) is 38.2 Å². The zero-order chi connectivity index (χ0) is 13.0. The van der Waals surface area contributed by atoms with Gasteiger partial charge in [-0.1, -0.05) is 15.9 Å². The highest BCUT2D eigenvalue weighted by atomic mass is 79.9. The number of hydrogen-bond acceptors (Lipinski definition) is 2. The van der Waals surface area contributed by atoms with Crippen LogP contribution < -0.4 is 4.74 Å². The van der Waals surface area contributed by atoms with Gasteiger partial charge in [0, 0.05) is 10.9 Å². The Bertz CT molecular complexity index is 394. The Morgan fingerprint density at radius 1 is 1.22 bits per heavy atom. The summed E-state index contributed by atoms with van der Waals surface area (Å²) in [5.74, 6) is 0.527. The third-order valence-electron chi connectivity index (χ3n) is 3.37.